The summed E-state index contributed by atoms with van der Waals surface area (Å²) in [5.74, 6) is 0. The minimum Gasteiger partial charge on any atom is -0.310 e. The predicted octanol–water partition coefficient (Wildman–Crippen LogP) is 11.1. The zero-order chi connectivity index (χ0) is 31.6. The van der Waals surface area contributed by atoms with Crippen molar-refractivity contribution in [1.29, 1.82) is 0 Å². The van der Waals surface area contributed by atoms with E-state index in [0.717, 1.165) is 58.9 Å². The molecule has 0 fully saturated rings. The molecule has 0 radical (unpaired) electrons. The second-order valence-corrected chi connectivity index (χ2v) is 12.9. The van der Waals surface area contributed by atoms with E-state index in [1.807, 2.05) is 12.4 Å². The molecule has 48 heavy (non-hydrogen) atoms. The second kappa shape index (κ2) is 10.8. The number of hydrogen-bond acceptors (Lipinski definition) is 4. The van der Waals surface area contributed by atoms with Crippen molar-refractivity contribution < 1.29 is 0 Å². The lowest BCUT2D eigenvalue weighted by molar-refractivity contribution is 0.977. The summed E-state index contributed by atoms with van der Waals surface area (Å²) in [6.45, 7) is 0. The van der Waals surface area contributed by atoms with E-state index >= 15 is 0 Å². The minimum atomic E-state index is 0.932. The van der Waals surface area contributed by atoms with Gasteiger partial charge in [-0.3, -0.25) is 9.97 Å². The summed E-state index contributed by atoms with van der Waals surface area (Å²) in [7, 11) is 0. The van der Waals surface area contributed by atoms with Crippen LogP contribution in [0.1, 0.15) is 22.3 Å². The van der Waals surface area contributed by atoms with Gasteiger partial charge in [0, 0.05) is 57.3 Å². The number of aromatic nitrogens is 2. The molecule has 0 spiro atoms. The third-order valence-corrected chi connectivity index (χ3v) is 10.3. The van der Waals surface area contributed by atoms with Gasteiger partial charge in [0.25, 0.3) is 0 Å². The Morgan fingerprint density at radius 2 is 0.688 bits per heavy atom. The Balaban J connectivity index is 1.26. The van der Waals surface area contributed by atoms with Gasteiger partial charge in [0.15, 0.2) is 0 Å². The van der Waals surface area contributed by atoms with Crippen LogP contribution in [0.15, 0.2) is 146 Å². The first-order valence-electron chi connectivity index (χ1n) is 16.8. The first-order chi connectivity index (χ1) is 23.8. The Hall–Kier alpha value is -6.00. The average molecular weight is 617 g/mol. The normalized spacial score (nSPS) is 13.8. The molecule has 0 unspecified atom stereocenters. The SMILES string of the molecule is c1ccc2c(c1)CCc1ccccc1N2c1ccc2c(c1)c1cc(N3c4ccccc4CCc4ccccc43)ccc1c1nccnc21. The largest absolute Gasteiger partial charge is 0.310 e. The van der Waals surface area contributed by atoms with Gasteiger partial charge in [-0.2, -0.15) is 0 Å². The van der Waals surface area contributed by atoms with Crippen LogP contribution in [-0.2, 0) is 25.7 Å². The number of benzene rings is 7. The van der Waals surface area contributed by atoms with E-state index in [4.69, 9.17) is 9.97 Å². The van der Waals surface area contributed by atoms with Gasteiger partial charge >= 0.3 is 0 Å². The maximum absolute atomic E-state index is 4.89. The lowest BCUT2D eigenvalue weighted by Gasteiger charge is -2.28. The molecule has 10 rings (SSSR count). The van der Waals surface area contributed by atoms with Crippen LogP contribution in [0.2, 0.25) is 0 Å². The van der Waals surface area contributed by atoms with Crippen LogP contribution in [0.4, 0.5) is 34.1 Å². The van der Waals surface area contributed by atoms with Crippen LogP contribution >= 0.6 is 0 Å². The highest BCUT2D eigenvalue weighted by atomic mass is 15.2. The predicted molar refractivity (Wildman–Crippen MR) is 199 cm³/mol. The van der Waals surface area contributed by atoms with Gasteiger partial charge in [0.05, 0.1) is 11.0 Å². The molecule has 7 aromatic carbocycles. The first kappa shape index (κ1) is 27.1. The second-order valence-electron chi connectivity index (χ2n) is 12.9. The lowest BCUT2D eigenvalue weighted by Crippen LogP contribution is -2.12. The number of fused-ring (bicyclic) bond motifs is 10. The van der Waals surface area contributed by atoms with Crippen molar-refractivity contribution in [2.24, 2.45) is 0 Å². The molecule has 8 aromatic rings. The summed E-state index contributed by atoms with van der Waals surface area (Å²) in [6.07, 6.45) is 7.68. The molecule has 4 nitrogen and oxygen atoms in total. The number of rotatable bonds is 2. The van der Waals surface area contributed by atoms with Gasteiger partial charge in [-0.05, 0) is 107 Å². The van der Waals surface area contributed by atoms with Crippen LogP contribution in [-0.4, -0.2) is 9.97 Å². The van der Waals surface area contributed by atoms with Crippen LogP contribution in [0.5, 0.6) is 0 Å². The van der Waals surface area contributed by atoms with Crippen molar-refractivity contribution in [3.05, 3.63) is 168 Å². The van der Waals surface area contributed by atoms with E-state index < -0.39 is 0 Å². The minimum absolute atomic E-state index is 0.932. The fourth-order valence-corrected chi connectivity index (χ4v) is 8.05. The first-order valence-corrected chi connectivity index (χ1v) is 16.8. The molecule has 4 heteroatoms. The van der Waals surface area contributed by atoms with E-state index in [1.54, 1.807) is 0 Å². The highest BCUT2D eigenvalue weighted by Gasteiger charge is 2.25. The van der Waals surface area contributed by atoms with E-state index in [-0.39, 0.29) is 0 Å². The van der Waals surface area contributed by atoms with E-state index in [1.165, 1.54) is 55.8 Å². The summed E-state index contributed by atoms with van der Waals surface area (Å²) in [5, 5.41) is 4.57. The summed E-state index contributed by atoms with van der Waals surface area (Å²) >= 11 is 0. The Morgan fingerprint density at radius 3 is 1.04 bits per heavy atom. The Kier molecular flexibility index (Phi) is 6.10. The molecule has 3 heterocycles. The number of aryl methyl sites for hydroxylation is 4. The number of para-hydroxylation sites is 4. The van der Waals surface area contributed by atoms with Gasteiger partial charge in [-0.1, -0.05) is 84.9 Å². The van der Waals surface area contributed by atoms with E-state index in [9.17, 15) is 0 Å². The molecular weight excluding hydrogens is 585 g/mol. The van der Waals surface area contributed by atoms with Crippen molar-refractivity contribution in [3.8, 4) is 0 Å². The van der Waals surface area contributed by atoms with Gasteiger partial charge in [-0.25, -0.2) is 0 Å². The summed E-state index contributed by atoms with van der Waals surface area (Å²) < 4.78 is 0. The van der Waals surface area contributed by atoms with Crippen molar-refractivity contribution in [3.63, 3.8) is 0 Å². The molecule has 0 amide bonds. The van der Waals surface area contributed by atoms with E-state index in [2.05, 4.69) is 143 Å². The van der Waals surface area contributed by atoms with Crippen LogP contribution in [0.25, 0.3) is 32.6 Å². The summed E-state index contributed by atoms with van der Waals surface area (Å²) in [4.78, 5) is 14.7. The standard InChI is InChI=1S/C44H32N4/c1-5-13-39-29(9-1)17-18-30-10-2-6-14-40(30)47(39)33-21-23-35-37(27-33)38-28-34(22-24-36(38)44-43(35)45-25-26-46-44)48-41-15-7-3-11-31(41)19-20-32-12-4-8-16-42(32)48/h1-16,21-28H,17-20H2. The zero-order valence-electron chi connectivity index (χ0n) is 26.5. The van der Waals surface area contributed by atoms with Crippen molar-refractivity contribution in [2.75, 3.05) is 9.80 Å². The lowest BCUT2D eigenvalue weighted by atomic mass is 9.97. The highest BCUT2D eigenvalue weighted by molar-refractivity contribution is 6.24. The summed E-state index contributed by atoms with van der Waals surface area (Å²) in [6, 6.07) is 49.2. The van der Waals surface area contributed by atoms with Gasteiger partial charge in [-0.15, -0.1) is 0 Å². The van der Waals surface area contributed by atoms with Gasteiger partial charge in [0.1, 0.15) is 0 Å². The highest BCUT2D eigenvalue weighted by Crippen LogP contribution is 2.46. The molecule has 228 valence electrons. The number of hydrogen-bond donors (Lipinski definition) is 0. The average Bonchev–Trinajstić information content (AvgIpc) is 3.43. The fraction of sp³-hybridized carbons (Fsp3) is 0.0909. The maximum atomic E-state index is 4.89. The Bertz CT molecular complexity index is 2280. The third-order valence-electron chi connectivity index (χ3n) is 10.3. The fourth-order valence-electron chi connectivity index (χ4n) is 8.05. The van der Waals surface area contributed by atoms with Crippen LogP contribution in [0.3, 0.4) is 0 Å². The molecule has 1 aromatic heterocycles. The molecule has 2 aliphatic rings. The molecule has 0 saturated carbocycles. The number of nitrogens with zero attached hydrogens (tertiary/aromatic N) is 4. The molecule has 0 bridgehead atoms. The van der Waals surface area contributed by atoms with Crippen molar-refractivity contribution in [1.82, 2.24) is 9.97 Å². The molecule has 0 aliphatic carbocycles. The third kappa shape index (κ3) is 4.16. The number of anilines is 6. The summed E-state index contributed by atoms with van der Waals surface area (Å²) in [5.41, 5.74) is 14.6. The monoisotopic (exact) mass is 616 g/mol. The Morgan fingerprint density at radius 1 is 0.354 bits per heavy atom. The topological polar surface area (TPSA) is 32.3 Å². The maximum Gasteiger partial charge on any atom is 0.0971 e. The molecule has 0 atom stereocenters. The Labute approximate surface area is 279 Å². The van der Waals surface area contributed by atoms with Crippen LogP contribution < -0.4 is 9.80 Å². The van der Waals surface area contributed by atoms with Crippen molar-refractivity contribution in [2.45, 2.75) is 25.7 Å². The molecule has 0 saturated heterocycles. The van der Waals surface area contributed by atoms with Crippen molar-refractivity contribution >= 4 is 66.7 Å². The molecule has 0 N–H and O–H groups in total. The van der Waals surface area contributed by atoms with E-state index in [0.29, 0.717) is 0 Å². The van der Waals surface area contributed by atoms with Crippen LogP contribution in [0, 0.1) is 0 Å². The zero-order valence-corrected chi connectivity index (χ0v) is 26.5. The van der Waals surface area contributed by atoms with Gasteiger partial charge < -0.3 is 9.80 Å². The smallest absolute Gasteiger partial charge is 0.0971 e. The molecular formula is C44H32N4. The quantitative estimate of drug-likeness (QED) is 0.181. The van der Waals surface area contributed by atoms with Gasteiger partial charge in [0.2, 0.25) is 0 Å². The molecule has 2 aliphatic heterocycles.